The van der Waals surface area contributed by atoms with Gasteiger partial charge in [-0.1, -0.05) is 20.8 Å². The molecule has 0 radical (unpaired) electrons. The van der Waals surface area contributed by atoms with Gasteiger partial charge in [0, 0.05) is 33.2 Å². The third kappa shape index (κ3) is 4.88. The first-order chi connectivity index (χ1) is 9.80. The maximum atomic E-state index is 4.96. The zero-order valence-corrected chi connectivity index (χ0v) is 16.5. The molecule has 2 heterocycles. The lowest BCUT2D eigenvalue weighted by Gasteiger charge is -2.30. The molecule has 0 aromatic carbocycles. The fourth-order valence-corrected chi connectivity index (χ4v) is 6.50. The lowest BCUT2D eigenvalue weighted by molar-refractivity contribution is 0.425. The van der Waals surface area contributed by atoms with Crippen LogP contribution in [0.3, 0.4) is 0 Å². The lowest BCUT2D eigenvalue weighted by atomic mass is 10.1. The Morgan fingerprint density at radius 1 is 1.24 bits per heavy atom. The van der Waals surface area contributed by atoms with Crippen molar-refractivity contribution in [3.05, 3.63) is 15.6 Å². The third-order valence-corrected chi connectivity index (χ3v) is 8.49. The Kier molecular flexibility index (Phi) is 6.08. The fourth-order valence-electron chi connectivity index (χ4n) is 2.21. The van der Waals surface area contributed by atoms with Gasteiger partial charge >= 0.3 is 0 Å². The first kappa shape index (κ1) is 17.6. The monoisotopic (exact) mass is 344 g/mol. The van der Waals surface area contributed by atoms with Crippen LogP contribution in [0.15, 0.2) is 0 Å². The van der Waals surface area contributed by atoms with Gasteiger partial charge in [-0.3, -0.25) is 0 Å². The highest BCUT2D eigenvalue weighted by atomic mass is 32.2. The van der Waals surface area contributed by atoms with E-state index in [0.717, 1.165) is 23.5 Å². The van der Waals surface area contributed by atoms with Crippen LogP contribution in [0.4, 0.5) is 0 Å². The molecular weight excluding hydrogens is 316 g/mol. The number of aromatic nitrogens is 1. The van der Waals surface area contributed by atoms with Crippen molar-refractivity contribution in [1.29, 1.82) is 0 Å². The summed E-state index contributed by atoms with van der Waals surface area (Å²) in [5.41, 5.74) is 1.46. The average molecular weight is 345 g/mol. The molecule has 0 spiro atoms. The minimum atomic E-state index is 0.161. The Hall–Kier alpha value is 0.290. The molecule has 1 N–H and O–H groups in total. The summed E-state index contributed by atoms with van der Waals surface area (Å²) >= 11 is 6.14. The predicted octanol–water partition coefficient (Wildman–Crippen LogP) is 4.89. The molecule has 0 amide bonds. The molecule has 1 aliphatic rings. The van der Waals surface area contributed by atoms with Gasteiger partial charge in [-0.15, -0.1) is 23.1 Å². The van der Waals surface area contributed by atoms with Crippen LogP contribution in [0.1, 0.15) is 62.4 Å². The first-order valence-electron chi connectivity index (χ1n) is 7.80. The van der Waals surface area contributed by atoms with Crippen molar-refractivity contribution in [2.75, 3.05) is 5.75 Å². The van der Waals surface area contributed by atoms with Crippen molar-refractivity contribution in [2.24, 2.45) is 0 Å². The largest absolute Gasteiger partial charge is 0.307 e. The summed E-state index contributed by atoms with van der Waals surface area (Å²) in [6, 6.07) is 0. The van der Waals surface area contributed by atoms with Crippen LogP contribution in [0, 0.1) is 0 Å². The number of hydrogen-bond acceptors (Lipinski definition) is 5. The topological polar surface area (TPSA) is 24.9 Å². The number of thioether (sulfide) groups is 2. The van der Waals surface area contributed by atoms with Crippen LogP contribution >= 0.6 is 34.9 Å². The van der Waals surface area contributed by atoms with E-state index in [1.807, 2.05) is 11.3 Å². The van der Waals surface area contributed by atoms with Gasteiger partial charge in [0.2, 0.25) is 0 Å². The maximum absolute atomic E-state index is 4.96. The standard InChI is InChI=1S/C16H28N2S3/c1-7-12-13(8-17-16(4,5)6)21-15(18-12)14-9-19-10(2)11(3)20-14/h10-11,14,17H,7-9H2,1-6H3. The minimum absolute atomic E-state index is 0.161. The van der Waals surface area contributed by atoms with Crippen molar-refractivity contribution < 1.29 is 0 Å². The molecule has 2 rings (SSSR count). The molecule has 2 nitrogen and oxygen atoms in total. The van der Waals surface area contributed by atoms with E-state index in [1.54, 1.807) is 0 Å². The van der Waals surface area contributed by atoms with Gasteiger partial charge in [-0.05, 0) is 27.2 Å². The van der Waals surface area contributed by atoms with E-state index in [1.165, 1.54) is 21.3 Å². The van der Waals surface area contributed by atoms with E-state index in [9.17, 15) is 0 Å². The van der Waals surface area contributed by atoms with E-state index in [2.05, 4.69) is 70.4 Å². The highest BCUT2D eigenvalue weighted by Crippen LogP contribution is 2.45. The normalized spacial score (nSPS) is 27.0. The Labute approximate surface area is 142 Å². The SMILES string of the molecule is CCc1nc(C2CSC(C)C(C)S2)sc1CNC(C)(C)C. The molecule has 1 aromatic heterocycles. The Morgan fingerprint density at radius 3 is 2.52 bits per heavy atom. The van der Waals surface area contributed by atoms with Crippen molar-refractivity contribution in [3.63, 3.8) is 0 Å². The van der Waals surface area contributed by atoms with Gasteiger partial charge in [0.25, 0.3) is 0 Å². The van der Waals surface area contributed by atoms with Crippen molar-refractivity contribution in [2.45, 2.75) is 75.8 Å². The van der Waals surface area contributed by atoms with Crippen LogP contribution in [0.2, 0.25) is 0 Å². The molecule has 0 saturated carbocycles. The van der Waals surface area contributed by atoms with Gasteiger partial charge < -0.3 is 5.32 Å². The molecule has 1 fully saturated rings. The fraction of sp³-hybridized carbons (Fsp3) is 0.812. The number of nitrogens with one attached hydrogen (secondary N) is 1. The van der Waals surface area contributed by atoms with E-state index in [-0.39, 0.29) is 5.54 Å². The summed E-state index contributed by atoms with van der Waals surface area (Å²) in [6.45, 7) is 14.5. The summed E-state index contributed by atoms with van der Waals surface area (Å²) in [5.74, 6) is 1.21. The molecule has 0 aliphatic carbocycles. The van der Waals surface area contributed by atoms with E-state index >= 15 is 0 Å². The molecule has 1 aromatic rings. The predicted molar refractivity (Wildman–Crippen MR) is 99.8 cm³/mol. The summed E-state index contributed by atoms with van der Waals surface area (Å²) < 4.78 is 0. The number of rotatable bonds is 4. The van der Waals surface area contributed by atoms with E-state index in [0.29, 0.717) is 5.25 Å². The van der Waals surface area contributed by atoms with Gasteiger partial charge in [0.1, 0.15) is 5.01 Å². The molecule has 3 atom stereocenters. The lowest BCUT2D eigenvalue weighted by Crippen LogP contribution is -2.35. The molecular formula is C16H28N2S3. The summed E-state index contributed by atoms with van der Waals surface area (Å²) in [5, 5.41) is 7.01. The number of aryl methyl sites for hydroxylation is 1. The second kappa shape index (κ2) is 7.24. The first-order valence-corrected chi connectivity index (χ1v) is 10.6. The smallest absolute Gasteiger partial charge is 0.107 e. The van der Waals surface area contributed by atoms with Crippen molar-refractivity contribution >= 4 is 34.9 Å². The molecule has 0 bridgehead atoms. The summed E-state index contributed by atoms with van der Waals surface area (Å²) in [4.78, 5) is 6.39. The Morgan fingerprint density at radius 2 is 1.95 bits per heavy atom. The van der Waals surface area contributed by atoms with E-state index in [4.69, 9.17) is 4.98 Å². The molecule has 21 heavy (non-hydrogen) atoms. The molecule has 1 aliphatic heterocycles. The van der Waals surface area contributed by atoms with Crippen LogP contribution in [0.25, 0.3) is 0 Å². The highest BCUT2D eigenvalue weighted by Gasteiger charge is 2.29. The van der Waals surface area contributed by atoms with Crippen LogP contribution in [0.5, 0.6) is 0 Å². The number of thiazole rings is 1. The Balaban J connectivity index is 2.09. The summed E-state index contributed by atoms with van der Waals surface area (Å²) in [7, 11) is 0. The average Bonchev–Trinajstić information content (AvgIpc) is 2.82. The second-order valence-electron chi connectivity index (χ2n) is 6.75. The summed E-state index contributed by atoms with van der Waals surface area (Å²) in [6.07, 6.45) is 1.04. The second-order valence-corrected chi connectivity index (χ2v) is 10.9. The van der Waals surface area contributed by atoms with Gasteiger partial charge in [0.05, 0.1) is 10.9 Å². The number of nitrogens with zero attached hydrogens (tertiary/aromatic N) is 1. The van der Waals surface area contributed by atoms with Gasteiger partial charge in [0.15, 0.2) is 0 Å². The quantitative estimate of drug-likeness (QED) is 0.840. The van der Waals surface area contributed by atoms with Crippen molar-refractivity contribution in [3.8, 4) is 0 Å². The van der Waals surface area contributed by atoms with E-state index < -0.39 is 0 Å². The number of hydrogen-bond donors (Lipinski definition) is 1. The van der Waals surface area contributed by atoms with Gasteiger partial charge in [-0.25, -0.2) is 4.98 Å². The minimum Gasteiger partial charge on any atom is -0.307 e. The third-order valence-electron chi connectivity index (χ3n) is 3.73. The van der Waals surface area contributed by atoms with Gasteiger partial charge in [-0.2, -0.15) is 11.8 Å². The molecule has 1 saturated heterocycles. The van der Waals surface area contributed by atoms with Crippen LogP contribution in [-0.2, 0) is 13.0 Å². The van der Waals surface area contributed by atoms with Crippen LogP contribution in [-0.4, -0.2) is 26.8 Å². The highest BCUT2D eigenvalue weighted by molar-refractivity contribution is 8.07. The Bertz CT molecular complexity index is 465. The zero-order valence-electron chi connectivity index (χ0n) is 14.0. The van der Waals surface area contributed by atoms with Crippen LogP contribution < -0.4 is 5.32 Å². The molecule has 3 unspecified atom stereocenters. The molecule has 120 valence electrons. The zero-order chi connectivity index (χ0) is 15.6. The molecule has 5 heteroatoms. The maximum Gasteiger partial charge on any atom is 0.107 e. The van der Waals surface area contributed by atoms with Crippen molar-refractivity contribution in [1.82, 2.24) is 10.3 Å².